The zero-order valence-electron chi connectivity index (χ0n) is 13.6. The molecular weight excluding hydrogens is 266 g/mol. The fraction of sp³-hybridized carbons (Fsp3) is 0.875. The lowest BCUT2D eigenvalue weighted by Gasteiger charge is -2.33. The lowest BCUT2D eigenvalue weighted by Crippen LogP contribution is -2.40. The second-order valence-electron chi connectivity index (χ2n) is 6.20. The molecule has 0 bridgehead atoms. The van der Waals surface area contributed by atoms with Gasteiger partial charge in [-0.1, -0.05) is 31.8 Å². The third-order valence-electron chi connectivity index (χ3n) is 4.65. The zero-order valence-corrected chi connectivity index (χ0v) is 13.6. The Balaban J connectivity index is 2.08. The van der Waals surface area contributed by atoms with Crippen LogP contribution in [-0.2, 0) is 10.3 Å². The largest absolute Gasteiger partial charge is 0.370 e. The third kappa shape index (κ3) is 3.83. The Morgan fingerprint density at radius 2 is 2.05 bits per heavy atom. The minimum Gasteiger partial charge on any atom is -0.370 e. The van der Waals surface area contributed by atoms with E-state index in [4.69, 9.17) is 15.0 Å². The summed E-state index contributed by atoms with van der Waals surface area (Å²) in [6.07, 6.45) is 7.24. The van der Waals surface area contributed by atoms with E-state index < -0.39 is 5.54 Å². The van der Waals surface area contributed by atoms with E-state index in [-0.39, 0.29) is 6.10 Å². The Bertz CT molecular complexity index is 419. The van der Waals surface area contributed by atoms with Gasteiger partial charge in [0.1, 0.15) is 6.10 Å². The highest BCUT2D eigenvalue weighted by molar-refractivity contribution is 5.05. The topological polar surface area (TPSA) is 74.2 Å². The quantitative estimate of drug-likeness (QED) is 0.830. The summed E-state index contributed by atoms with van der Waals surface area (Å²) >= 11 is 0. The molecule has 1 aromatic heterocycles. The predicted octanol–water partition coefficient (Wildman–Crippen LogP) is 3.70. The summed E-state index contributed by atoms with van der Waals surface area (Å²) in [5.41, 5.74) is 6.08. The van der Waals surface area contributed by atoms with Gasteiger partial charge in [-0.2, -0.15) is 4.98 Å². The normalized spacial score (nSPS) is 27.7. The first-order chi connectivity index (χ1) is 10.1. The van der Waals surface area contributed by atoms with Crippen LogP contribution in [0.5, 0.6) is 0 Å². The molecule has 2 rings (SSSR count). The molecule has 2 N–H and O–H groups in total. The minimum atomic E-state index is -0.445. The Hall–Kier alpha value is -0.940. The molecule has 0 amide bonds. The SMILES string of the molecule is CCCC(OCC)c1noc(C2(N)CCC(CC)CC2)n1. The van der Waals surface area contributed by atoms with Gasteiger partial charge in [0.25, 0.3) is 0 Å². The molecule has 0 aliphatic heterocycles. The summed E-state index contributed by atoms with van der Waals surface area (Å²) in [7, 11) is 0. The minimum absolute atomic E-state index is 0.0759. The van der Waals surface area contributed by atoms with Gasteiger partial charge in [0.15, 0.2) is 0 Å². The maximum Gasteiger partial charge on any atom is 0.246 e. The highest BCUT2D eigenvalue weighted by atomic mass is 16.5. The van der Waals surface area contributed by atoms with Crippen molar-refractivity contribution in [3.63, 3.8) is 0 Å². The van der Waals surface area contributed by atoms with Crippen molar-refractivity contribution >= 4 is 0 Å². The maximum absolute atomic E-state index is 6.52. The van der Waals surface area contributed by atoms with E-state index in [9.17, 15) is 0 Å². The van der Waals surface area contributed by atoms with Gasteiger partial charge >= 0.3 is 0 Å². The average Bonchev–Trinajstić information content (AvgIpc) is 2.98. The lowest BCUT2D eigenvalue weighted by atomic mass is 9.76. The van der Waals surface area contributed by atoms with Gasteiger partial charge in [-0.05, 0) is 44.9 Å². The van der Waals surface area contributed by atoms with Crippen LogP contribution in [0, 0.1) is 5.92 Å². The van der Waals surface area contributed by atoms with Gasteiger partial charge in [0, 0.05) is 6.61 Å². The summed E-state index contributed by atoms with van der Waals surface area (Å²) < 4.78 is 11.2. The first-order valence-corrected chi connectivity index (χ1v) is 8.37. The van der Waals surface area contributed by atoms with E-state index in [0.29, 0.717) is 18.3 Å². The van der Waals surface area contributed by atoms with Gasteiger partial charge in [0.2, 0.25) is 11.7 Å². The standard InChI is InChI=1S/C16H29N3O2/c1-4-7-13(20-6-3)14-18-15(21-19-14)16(17)10-8-12(5-2)9-11-16/h12-13H,4-11,17H2,1-3H3. The molecule has 5 nitrogen and oxygen atoms in total. The van der Waals surface area contributed by atoms with Crippen LogP contribution in [0.2, 0.25) is 0 Å². The molecule has 1 aliphatic rings. The van der Waals surface area contributed by atoms with Crippen molar-refractivity contribution in [1.29, 1.82) is 0 Å². The summed E-state index contributed by atoms with van der Waals surface area (Å²) in [6, 6.07) is 0. The smallest absolute Gasteiger partial charge is 0.246 e. The fourth-order valence-electron chi connectivity index (χ4n) is 3.13. The van der Waals surface area contributed by atoms with E-state index >= 15 is 0 Å². The second kappa shape index (κ2) is 7.36. The molecule has 1 unspecified atom stereocenters. The van der Waals surface area contributed by atoms with Crippen molar-refractivity contribution in [2.45, 2.75) is 77.4 Å². The predicted molar refractivity (Wildman–Crippen MR) is 81.7 cm³/mol. The number of rotatable bonds is 7. The van der Waals surface area contributed by atoms with Crippen LogP contribution >= 0.6 is 0 Å². The molecule has 1 fully saturated rings. The van der Waals surface area contributed by atoms with E-state index in [1.54, 1.807) is 0 Å². The van der Waals surface area contributed by atoms with Gasteiger partial charge in [-0.15, -0.1) is 0 Å². The van der Waals surface area contributed by atoms with Crippen molar-refractivity contribution < 1.29 is 9.26 Å². The van der Waals surface area contributed by atoms with Crippen LogP contribution < -0.4 is 5.73 Å². The molecule has 1 atom stereocenters. The van der Waals surface area contributed by atoms with Crippen LogP contribution in [0.15, 0.2) is 4.52 Å². The Kier molecular flexibility index (Phi) is 5.76. The summed E-state index contributed by atoms with van der Waals surface area (Å²) in [6.45, 7) is 7.01. The molecule has 0 aromatic carbocycles. The van der Waals surface area contributed by atoms with Crippen LogP contribution in [0.25, 0.3) is 0 Å². The van der Waals surface area contributed by atoms with E-state index in [1.807, 2.05) is 6.92 Å². The first kappa shape index (κ1) is 16.4. The molecule has 21 heavy (non-hydrogen) atoms. The highest BCUT2D eigenvalue weighted by Gasteiger charge is 2.38. The number of nitrogens with zero attached hydrogens (tertiary/aromatic N) is 2. The zero-order chi connectivity index (χ0) is 15.3. The van der Waals surface area contributed by atoms with Crippen molar-refractivity contribution in [3.8, 4) is 0 Å². The Labute approximate surface area is 127 Å². The monoisotopic (exact) mass is 295 g/mol. The molecule has 120 valence electrons. The van der Waals surface area contributed by atoms with Crippen LogP contribution in [0.1, 0.15) is 83.5 Å². The third-order valence-corrected chi connectivity index (χ3v) is 4.65. The molecule has 1 aromatic rings. The van der Waals surface area contributed by atoms with Crippen LogP contribution in [-0.4, -0.2) is 16.7 Å². The molecule has 0 radical (unpaired) electrons. The average molecular weight is 295 g/mol. The highest BCUT2D eigenvalue weighted by Crippen LogP contribution is 2.38. The number of aromatic nitrogens is 2. The van der Waals surface area contributed by atoms with E-state index in [1.165, 1.54) is 6.42 Å². The van der Waals surface area contributed by atoms with Gasteiger partial charge in [-0.3, -0.25) is 0 Å². The number of nitrogens with two attached hydrogens (primary N) is 1. The molecule has 1 aliphatic carbocycles. The molecular formula is C16H29N3O2. The Morgan fingerprint density at radius 3 is 2.62 bits per heavy atom. The molecule has 1 saturated carbocycles. The summed E-state index contributed by atoms with van der Waals surface area (Å²) in [5, 5.41) is 4.12. The first-order valence-electron chi connectivity index (χ1n) is 8.37. The fourth-order valence-corrected chi connectivity index (χ4v) is 3.13. The van der Waals surface area contributed by atoms with Crippen LogP contribution in [0.4, 0.5) is 0 Å². The number of hydrogen-bond acceptors (Lipinski definition) is 5. The molecule has 1 heterocycles. The Morgan fingerprint density at radius 1 is 1.33 bits per heavy atom. The molecule has 5 heteroatoms. The summed E-state index contributed by atoms with van der Waals surface area (Å²) in [4.78, 5) is 4.57. The van der Waals surface area contributed by atoms with Crippen molar-refractivity contribution in [2.24, 2.45) is 11.7 Å². The molecule has 0 spiro atoms. The number of hydrogen-bond donors (Lipinski definition) is 1. The van der Waals surface area contributed by atoms with Crippen molar-refractivity contribution in [3.05, 3.63) is 11.7 Å². The van der Waals surface area contributed by atoms with E-state index in [0.717, 1.165) is 44.4 Å². The number of ether oxygens (including phenoxy) is 1. The van der Waals surface area contributed by atoms with Crippen LogP contribution in [0.3, 0.4) is 0 Å². The van der Waals surface area contributed by atoms with Gasteiger partial charge in [-0.25, -0.2) is 0 Å². The second-order valence-corrected chi connectivity index (χ2v) is 6.20. The van der Waals surface area contributed by atoms with Crippen molar-refractivity contribution in [1.82, 2.24) is 10.1 Å². The molecule has 0 saturated heterocycles. The van der Waals surface area contributed by atoms with E-state index in [2.05, 4.69) is 24.0 Å². The van der Waals surface area contributed by atoms with Gasteiger partial charge < -0.3 is 15.0 Å². The maximum atomic E-state index is 6.52. The van der Waals surface area contributed by atoms with Gasteiger partial charge in [0.05, 0.1) is 5.54 Å². The van der Waals surface area contributed by atoms with Crippen molar-refractivity contribution in [2.75, 3.05) is 6.61 Å². The summed E-state index contributed by atoms with van der Waals surface area (Å²) in [5.74, 6) is 2.03. The lowest BCUT2D eigenvalue weighted by molar-refractivity contribution is 0.0477.